The topological polar surface area (TPSA) is 61.4 Å². The Morgan fingerprint density at radius 2 is 1.47 bits per heavy atom. The third kappa shape index (κ3) is 13.5. The van der Waals surface area contributed by atoms with Gasteiger partial charge < -0.3 is 15.5 Å². The van der Waals surface area contributed by atoms with Gasteiger partial charge in [0.1, 0.15) is 0 Å². The van der Waals surface area contributed by atoms with Crippen LogP contribution < -0.4 is 10.6 Å². The van der Waals surface area contributed by atoms with E-state index in [1.807, 2.05) is 14.1 Å². The average molecular weight is 289 g/mol. The Morgan fingerprint density at radius 3 is 1.95 bits per heavy atom. The van der Waals surface area contributed by atoms with Crippen LogP contribution in [0.4, 0.5) is 0 Å². The summed E-state index contributed by atoms with van der Waals surface area (Å²) in [6.07, 6.45) is 3.46. The van der Waals surface area contributed by atoms with Crippen molar-refractivity contribution in [3.05, 3.63) is 0 Å². The third-order valence-electron chi connectivity index (χ3n) is 2.60. The van der Waals surface area contributed by atoms with E-state index in [9.17, 15) is 9.59 Å². The predicted molar refractivity (Wildman–Crippen MR) is 81.5 cm³/mol. The first-order chi connectivity index (χ1) is 9.06. The maximum absolute atomic E-state index is 11.5. The van der Waals surface area contributed by atoms with E-state index >= 15 is 0 Å². The van der Waals surface area contributed by atoms with Crippen LogP contribution in [0.2, 0.25) is 0 Å². The first-order valence-corrected chi connectivity index (χ1v) is 7.48. The number of hydrogen-bond donors (Lipinski definition) is 3. The molecule has 112 valence electrons. The summed E-state index contributed by atoms with van der Waals surface area (Å²) in [6, 6.07) is 0. The molecule has 0 heterocycles. The van der Waals surface area contributed by atoms with Crippen LogP contribution in [0.3, 0.4) is 0 Å². The van der Waals surface area contributed by atoms with E-state index in [-0.39, 0.29) is 11.8 Å². The number of carbonyl (C=O) groups is 2. The number of carbonyl (C=O) groups excluding carboxylic acids is 2. The van der Waals surface area contributed by atoms with Gasteiger partial charge in [-0.1, -0.05) is 0 Å². The highest BCUT2D eigenvalue weighted by molar-refractivity contribution is 7.80. The molecular formula is C13H27N3O2S. The molecule has 2 amide bonds. The maximum atomic E-state index is 11.5. The molecule has 19 heavy (non-hydrogen) atoms. The third-order valence-corrected chi connectivity index (χ3v) is 2.82. The minimum Gasteiger partial charge on any atom is -0.356 e. The van der Waals surface area contributed by atoms with Crippen molar-refractivity contribution in [3.8, 4) is 0 Å². The van der Waals surface area contributed by atoms with Gasteiger partial charge in [-0.15, -0.1) is 0 Å². The van der Waals surface area contributed by atoms with Gasteiger partial charge in [0, 0.05) is 31.7 Å². The SMILES string of the molecule is CN(C)CCCNC(=O)CCCCC(=O)NCCS. The van der Waals surface area contributed by atoms with E-state index in [1.165, 1.54) is 0 Å². The first-order valence-electron chi connectivity index (χ1n) is 6.85. The second kappa shape index (κ2) is 12.3. The molecule has 0 saturated carbocycles. The molecule has 0 aliphatic carbocycles. The number of unbranched alkanes of at least 4 members (excludes halogenated alkanes) is 1. The molecule has 0 bridgehead atoms. The molecule has 0 aromatic heterocycles. The van der Waals surface area contributed by atoms with Crippen LogP contribution in [0.15, 0.2) is 0 Å². The molecule has 5 nitrogen and oxygen atoms in total. The van der Waals surface area contributed by atoms with Crippen LogP contribution in [0, 0.1) is 0 Å². The standard InChI is InChI=1S/C13H27N3O2S/c1-16(2)10-5-8-14-12(17)6-3-4-7-13(18)15-9-11-19/h19H,3-11H2,1-2H3,(H,14,17)(H,15,18). The quantitative estimate of drug-likeness (QED) is 0.387. The van der Waals surface area contributed by atoms with Crippen LogP contribution >= 0.6 is 12.6 Å². The fourth-order valence-electron chi connectivity index (χ4n) is 1.57. The van der Waals surface area contributed by atoms with Gasteiger partial charge >= 0.3 is 0 Å². The molecule has 0 atom stereocenters. The molecular weight excluding hydrogens is 262 g/mol. The summed E-state index contributed by atoms with van der Waals surface area (Å²) < 4.78 is 0. The van der Waals surface area contributed by atoms with Crippen molar-refractivity contribution >= 4 is 24.4 Å². The maximum Gasteiger partial charge on any atom is 0.220 e. The Morgan fingerprint density at radius 1 is 0.947 bits per heavy atom. The van der Waals surface area contributed by atoms with Crippen LogP contribution in [0.5, 0.6) is 0 Å². The average Bonchev–Trinajstić information content (AvgIpc) is 2.37. The minimum absolute atomic E-state index is 0.0421. The van der Waals surface area contributed by atoms with Gasteiger partial charge in [0.05, 0.1) is 0 Å². The van der Waals surface area contributed by atoms with Crippen molar-refractivity contribution in [1.82, 2.24) is 15.5 Å². The van der Waals surface area contributed by atoms with E-state index < -0.39 is 0 Å². The van der Waals surface area contributed by atoms with Crippen LogP contribution in [-0.4, -0.2) is 56.2 Å². The van der Waals surface area contributed by atoms with Gasteiger partial charge in [0.2, 0.25) is 11.8 Å². The number of hydrogen-bond acceptors (Lipinski definition) is 4. The number of nitrogens with one attached hydrogen (secondary N) is 2. The van der Waals surface area contributed by atoms with E-state index in [2.05, 4.69) is 28.2 Å². The van der Waals surface area contributed by atoms with Crippen LogP contribution in [-0.2, 0) is 9.59 Å². The molecule has 0 saturated heterocycles. The van der Waals surface area contributed by atoms with Crippen molar-refractivity contribution in [2.75, 3.05) is 39.5 Å². The monoisotopic (exact) mass is 289 g/mol. The second-order valence-corrected chi connectivity index (χ2v) is 5.23. The molecule has 0 unspecified atom stereocenters. The molecule has 0 aliphatic rings. The lowest BCUT2D eigenvalue weighted by atomic mass is 10.2. The van der Waals surface area contributed by atoms with Gasteiger partial charge in [-0.25, -0.2) is 0 Å². The summed E-state index contributed by atoms with van der Waals surface area (Å²) in [5, 5.41) is 5.64. The van der Waals surface area contributed by atoms with E-state index in [4.69, 9.17) is 0 Å². The Hall–Kier alpha value is -0.750. The Balaban J connectivity index is 3.36. The molecule has 0 spiro atoms. The zero-order chi connectivity index (χ0) is 14.5. The lowest BCUT2D eigenvalue weighted by Crippen LogP contribution is -2.27. The minimum atomic E-state index is 0.0421. The van der Waals surface area contributed by atoms with Crippen LogP contribution in [0.1, 0.15) is 32.1 Å². The lowest BCUT2D eigenvalue weighted by Gasteiger charge is -2.09. The zero-order valence-corrected chi connectivity index (χ0v) is 13.0. The Kier molecular flexibility index (Phi) is 11.8. The zero-order valence-electron chi connectivity index (χ0n) is 12.1. The van der Waals surface area contributed by atoms with Gasteiger partial charge in [-0.2, -0.15) is 12.6 Å². The lowest BCUT2D eigenvalue weighted by molar-refractivity contribution is -0.122. The second-order valence-electron chi connectivity index (χ2n) is 4.79. The highest BCUT2D eigenvalue weighted by Gasteiger charge is 2.03. The molecule has 0 aliphatic heterocycles. The molecule has 0 aromatic carbocycles. The van der Waals surface area contributed by atoms with E-state index in [1.54, 1.807) is 0 Å². The molecule has 0 aromatic rings. The summed E-state index contributed by atoms with van der Waals surface area (Å²) in [5.74, 6) is 0.774. The predicted octanol–water partition coefficient (Wildman–Crippen LogP) is 0.661. The molecule has 0 rings (SSSR count). The number of amides is 2. The smallest absolute Gasteiger partial charge is 0.220 e. The normalized spacial score (nSPS) is 10.5. The van der Waals surface area contributed by atoms with Crippen LogP contribution in [0.25, 0.3) is 0 Å². The van der Waals surface area contributed by atoms with Crippen molar-refractivity contribution in [2.24, 2.45) is 0 Å². The van der Waals surface area contributed by atoms with Crippen molar-refractivity contribution in [1.29, 1.82) is 0 Å². The highest BCUT2D eigenvalue weighted by Crippen LogP contribution is 1.99. The number of thiol groups is 1. The fourth-order valence-corrected chi connectivity index (χ4v) is 1.68. The Labute approximate surface area is 121 Å². The molecule has 2 N–H and O–H groups in total. The van der Waals surface area contributed by atoms with Crippen molar-refractivity contribution < 1.29 is 9.59 Å². The largest absolute Gasteiger partial charge is 0.356 e. The summed E-state index contributed by atoms with van der Waals surface area (Å²) in [6.45, 7) is 2.30. The molecule has 0 radical (unpaired) electrons. The Bertz CT molecular complexity index is 260. The number of rotatable bonds is 11. The van der Waals surface area contributed by atoms with Crippen molar-refractivity contribution in [3.63, 3.8) is 0 Å². The van der Waals surface area contributed by atoms with Gasteiger partial charge in [0.25, 0.3) is 0 Å². The fraction of sp³-hybridized carbons (Fsp3) is 0.846. The first kappa shape index (κ1) is 18.2. The van der Waals surface area contributed by atoms with E-state index in [0.29, 0.717) is 25.1 Å². The number of nitrogens with zero attached hydrogens (tertiary/aromatic N) is 1. The van der Waals surface area contributed by atoms with Gasteiger partial charge in [-0.3, -0.25) is 9.59 Å². The van der Waals surface area contributed by atoms with Gasteiger partial charge in [-0.05, 0) is 39.9 Å². The van der Waals surface area contributed by atoms with Gasteiger partial charge in [0.15, 0.2) is 0 Å². The summed E-state index contributed by atoms with van der Waals surface area (Å²) >= 11 is 4.01. The molecule has 0 fully saturated rings. The highest BCUT2D eigenvalue weighted by atomic mass is 32.1. The summed E-state index contributed by atoms with van der Waals surface area (Å²) in [7, 11) is 4.03. The summed E-state index contributed by atoms with van der Waals surface area (Å²) in [4.78, 5) is 24.8. The molecule has 6 heteroatoms. The summed E-state index contributed by atoms with van der Waals surface area (Å²) in [5.41, 5.74) is 0. The van der Waals surface area contributed by atoms with E-state index in [0.717, 1.165) is 32.4 Å². The van der Waals surface area contributed by atoms with Crippen molar-refractivity contribution in [2.45, 2.75) is 32.1 Å².